The third-order valence-electron chi connectivity index (χ3n) is 2.89. The van der Waals surface area contributed by atoms with Crippen molar-refractivity contribution in [2.75, 3.05) is 5.73 Å². The number of sulfonamides is 1. The average Bonchev–Trinajstić information content (AvgIpc) is 2.68. The van der Waals surface area contributed by atoms with Crippen LogP contribution in [0.5, 0.6) is 5.75 Å². The molecular formula is C11H16N2O3S. The second-order valence-corrected chi connectivity index (χ2v) is 5.80. The number of benzene rings is 1. The van der Waals surface area contributed by atoms with Gasteiger partial charge in [-0.2, -0.15) is 0 Å². The van der Waals surface area contributed by atoms with E-state index in [0.717, 1.165) is 12.8 Å². The Morgan fingerprint density at radius 2 is 1.88 bits per heavy atom. The Morgan fingerprint density at radius 3 is 2.41 bits per heavy atom. The highest BCUT2D eigenvalue weighted by Crippen LogP contribution is 2.27. The molecule has 0 spiro atoms. The van der Waals surface area contributed by atoms with Crippen molar-refractivity contribution in [3.05, 3.63) is 18.2 Å². The van der Waals surface area contributed by atoms with Crippen LogP contribution >= 0.6 is 0 Å². The fourth-order valence-electron chi connectivity index (χ4n) is 2.06. The second kappa shape index (κ2) is 4.54. The zero-order valence-corrected chi connectivity index (χ0v) is 10.2. The Bertz CT molecular complexity index is 507. The van der Waals surface area contributed by atoms with Gasteiger partial charge in [-0.05, 0) is 37.8 Å². The van der Waals surface area contributed by atoms with Crippen molar-refractivity contribution in [1.82, 2.24) is 0 Å². The van der Waals surface area contributed by atoms with Crippen LogP contribution in [-0.4, -0.2) is 14.5 Å². The molecule has 0 saturated heterocycles. The highest BCUT2D eigenvalue weighted by molar-refractivity contribution is 7.89. The van der Waals surface area contributed by atoms with Crippen molar-refractivity contribution < 1.29 is 13.2 Å². The van der Waals surface area contributed by atoms with Crippen LogP contribution in [0.3, 0.4) is 0 Å². The maximum atomic E-state index is 11.2. The van der Waals surface area contributed by atoms with Crippen molar-refractivity contribution in [3.63, 3.8) is 0 Å². The van der Waals surface area contributed by atoms with E-state index >= 15 is 0 Å². The monoisotopic (exact) mass is 256 g/mol. The molecule has 5 nitrogen and oxygen atoms in total. The van der Waals surface area contributed by atoms with Crippen LogP contribution in [0.15, 0.2) is 23.1 Å². The minimum atomic E-state index is -3.76. The molecule has 0 bridgehead atoms. The Morgan fingerprint density at radius 1 is 1.24 bits per heavy atom. The standard InChI is InChI=1S/C11H16N2O3S/c12-10-7-9(16-8-3-1-2-4-8)5-6-11(10)17(13,14)15/h5-8H,1-4,12H2,(H2,13,14,15). The van der Waals surface area contributed by atoms with Gasteiger partial charge in [0.05, 0.1) is 11.8 Å². The summed E-state index contributed by atoms with van der Waals surface area (Å²) in [6.07, 6.45) is 4.65. The average molecular weight is 256 g/mol. The maximum Gasteiger partial charge on any atom is 0.240 e. The van der Waals surface area contributed by atoms with Crippen LogP contribution in [0.4, 0.5) is 5.69 Å². The molecular weight excluding hydrogens is 240 g/mol. The van der Waals surface area contributed by atoms with Crippen LogP contribution in [0.2, 0.25) is 0 Å². The van der Waals surface area contributed by atoms with Gasteiger partial charge >= 0.3 is 0 Å². The lowest BCUT2D eigenvalue weighted by molar-refractivity contribution is 0.210. The van der Waals surface area contributed by atoms with Crippen LogP contribution in [-0.2, 0) is 10.0 Å². The van der Waals surface area contributed by atoms with Crippen LogP contribution in [0.25, 0.3) is 0 Å². The Labute approximate surface area is 101 Å². The van der Waals surface area contributed by atoms with Crippen molar-refractivity contribution in [2.24, 2.45) is 5.14 Å². The molecule has 0 unspecified atom stereocenters. The van der Waals surface area contributed by atoms with Gasteiger partial charge in [0.1, 0.15) is 10.6 Å². The molecule has 1 aromatic carbocycles. The van der Waals surface area contributed by atoms with E-state index in [1.165, 1.54) is 25.0 Å². The minimum absolute atomic E-state index is 0.0590. The molecule has 0 atom stereocenters. The summed E-state index contributed by atoms with van der Waals surface area (Å²) in [7, 11) is -3.76. The van der Waals surface area contributed by atoms with E-state index in [-0.39, 0.29) is 16.7 Å². The predicted octanol–water partition coefficient (Wildman–Crippen LogP) is 1.24. The Hall–Kier alpha value is -1.27. The van der Waals surface area contributed by atoms with Gasteiger partial charge in [-0.25, -0.2) is 13.6 Å². The van der Waals surface area contributed by atoms with Crippen molar-refractivity contribution in [2.45, 2.75) is 36.7 Å². The summed E-state index contributed by atoms with van der Waals surface area (Å²) < 4.78 is 28.0. The summed E-state index contributed by atoms with van der Waals surface area (Å²) in [5.41, 5.74) is 5.77. The fourth-order valence-corrected chi connectivity index (χ4v) is 2.70. The molecule has 0 heterocycles. The molecule has 2 rings (SSSR count). The maximum absolute atomic E-state index is 11.2. The number of anilines is 1. The molecule has 1 fully saturated rings. The zero-order valence-electron chi connectivity index (χ0n) is 9.43. The first-order chi connectivity index (χ1) is 7.97. The fraction of sp³-hybridized carbons (Fsp3) is 0.455. The predicted molar refractivity (Wildman–Crippen MR) is 65.1 cm³/mol. The Balaban J connectivity index is 2.19. The quantitative estimate of drug-likeness (QED) is 0.795. The van der Waals surface area contributed by atoms with Gasteiger partial charge in [0, 0.05) is 6.07 Å². The van der Waals surface area contributed by atoms with Crippen LogP contribution < -0.4 is 15.6 Å². The van der Waals surface area contributed by atoms with Gasteiger partial charge in [-0.1, -0.05) is 0 Å². The molecule has 4 N–H and O–H groups in total. The molecule has 17 heavy (non-hydrogen) atoms. The van der Waals surface area contributed by atoms with Gasteiger partial charge < -0.3 is 10.5 Å². The molecule has 0 aliphatic heterocycles. The smallest absolute Gasteiger partial charge is 0.240 e. The highest BCUT2D eigenvalue weighted by atomic mass is 32.2. The summed E-state index contributed by atoms with van der Waals surface area (Å²) in [5.74, 6) is 0.599. The first kappa shape index (κ1) is 12.2. The molecule has 6 heteroatoms. The van der Waals surface area contributed by atoms with E-state index in [1.54, 1.807) is 6.07 Å². The lowest BCUT2D eigenvalue weighted by Gasteiger charge is -2.14. The first-order valence-corrected chi connectivity index (χ1v) is 7.10. The van der Waals surface area contributed by atoms with E-state index in [2.05, 4.69) is 0 Å². The number of nitrogen functional groups attached to an aromatic ring is 1. The lowest BCUT2D eigenvalue weighted by atomic mass is 10.3. The van der Waals surface area contributed by atoms with Crippen LogP contribution in [0.1, 0.15) is 25.7 Å². The van der Waals surface area contributed by atoms with E-state index in [4.69, 9.17) is 15.6 Å². The van der Waals surface area contributed by atoms with Crippen molar-refractivity contribution >= 4 is 15.7 Å². The number of hydrogen-bond acceptors (Lipinski definition) is 4. The molecule has 0 aromatic heterocycles. The van der Waals surface area contributed by atoms with E-state index in [1.807, 2.05) is 0 Å². The van der Waals surface area contributed by atoms with E-state index in [9.17, 15) is 8.42 Å². The number of hydrogen-bond donors (Lipinski definition) is 2. The van der Waals surface area contributed by atoms with E-state index in [0.29, 0.717) is 5.75 Å². The Kier molecular flexibility index (Phi) is 3.26. The van der Waals surface area contributed by atoms with Crippen LogP contribution in [0, 0.1) is 0 Å². The third kappa shape index (κ3) is 2.89. The summed E-state index contributed by atoms with van der Waals surface area (Å²) in [5, 5.41) is 5.02. The molecule has 1 aromatic rings. The molecule has 0 radical (unpaired) electrons. The molecule has 1 aliphatic carbocycles. The third-order valence-corrected chi connectivity index (χ3v) is 3.88. The lowest BCUT2D eigenvalue weighted by Crippen LogP contribution is -2.15. The first-order valence-electron chi connectivity index (χ1n) is 5.56. The van der Waals surface area contributed by atoms with Gasteiger partial charge in [0.25, 0.3) is 0 Å². The summed E-state index contributed by atoms with van der Waals surface area (Å²) in [6.45, 7) is 0. The van der Waals surface area contributed by atoms with Gasteiger partial charge in [0.15, 0.2) is 0 Å². The highest BCUT2D eigenvalue weighted by Gasteiger charge is 2.18. The van der Waals surface area contributed by atoms with E-state index < -0.39 is 10.0 Å². The molecule has 94 valence electrons. The van der Waals surface area contributed by atoms with Crippen molar-refractivity contribution in [3.8, 4) is 5.75 Å². The van der Waals surface area contributed by atoms with Crippen molar-refractivity contribution in [1.29, 1.82) is 0 Å². The SMILES string of the molecule is Nc1cc(OC2CCCC2)ccc1S(N)(=O)=O. The summed E-state index contributed by atoms with van der Waals surface area (Å²) in [4.78, 5) is -0.0590. The minimum Gasteiger partial charge on any atom is -0.490 e. The number of nitrogens with two attached hydrogens (primary N) is 2. The normalized spacial score (nSPS) is 17.2. The van der Waals surface area contributed by atoms with Gasteiger partial charge in [0.2, 0.25) is 10.0 Å². The molecule has 0 amide bonds. The molecule has 1 aliphatic rings. The topological polar surface area (TPSA) is 95.4 Å². The molecule has 1 saturated carbocycles. The number of rotatable bonds is 3. The summed E-state index contributed by atoms with van der Waals surface area (Å²) in [6, 6.07) is 4.49. The number of ether oxygens (including phenoxy) is 1. The van der Waals surface area contributed by atoms with Gasteiger partial charge in [-0.3, -0.25) is 0 Å². The zero-order chi connectivity index (χ0) is 12.5. The number of primary sulfonamides is 1. The second-order valence-electron chi connectivity index (χ2n) is 4.27. The summed E-state index contributed by atoms with van der Waals surface area (Å²) >= 11 is 0. The largest absolute Gasteiger partial charge is 0.490 e. The van der Waals surface area contributed by atoms with Gasteiger partial charge in [-0.15, -0.1) is 0 Å².